The number of aromatic amines is 1. The third-order valence-electron chi connectivity index (χ3n) is 1.26. The molecule has 0 aliphatic rings. The number of nitro groups is 1. The van der Waals surface area contributed by atoms with Gasteiger partial charge >= 0.3 is 11.9 Å². The van der Waals surface area contributed by atoms with Crippen molar-refractivity contribution in [1.82, 2.24) is 15.2 Å². The predicted octanol–water partition coefficient (Wildman–Crippen LogP) is -0.270. The summed E-state index contributed by atoms with van der Waals surface area (Å²) in [5.74, 6) is -1.33. The van der Waals surface area contributed by atoms with Gasteiger partial charge in [0.1, 0.15) is 0 Å². The number of nitrogens with zero attached hydrogens (tertiary/aromatic N) is 3. The number of carboxylic acids is 1. The summed E-state index contributed by atoms with van der Waals surface area (Å²) in [4.78, 5) is 22.9. The molecule has 1 aromatic rings. The fraction of sp³-hybridized carbons (Fsp3) is 0.400. The van der Waals surface area contributed by atoms with Gasteiger partial charge in [-0.1, -0.05) is 5.10 Å². The number of carbonyl (C=O) groups is 1. The van der Waals surface area contributed by atoms with Crippen LogP contribution in [0.1, 0.15) is 12.2 Å². The lowest BCUT2D eigenvalue weighted by Crippen LogP contribution is -1.98. The minimum absolute atomic E-state index is 0.0830. The lowest BCUT2D eigenvalue weighted by Gasteiger charge is -1.85. The Labute approximate surface area is 71.8 Å². The first-order valence-corrected chi connectivity index (χ1v) is 3.37. The summed E-state index contributed by atoms with van der Waals surface area (Å²) in [7, 11) is 0. The van der Waals surface area contributed by atoms with Crippen LogP contribution in [0.5, 0.6) is 0 Å². The average Bonchev–Trinajstić information content (AvgIpc) is 2.48. The van der Waals surface area contributed by atoms with Crippen LogP contribution in [0.25, 0.3) is 0 Å². The van der Waals surface area contributed by atoms with Gasteiger partial charge in [0.05, 0.1) is 6.42 Å². The monoisotopic (exact) mass is 186 g/mol. The first-order chi connectivity index (χ1) is 6.09. The Morgan fingerprint density at radius 2 is 2.38 bits per heavy atom. The predicted molar refractivity (Wildman–Crippen MR) is 39.0 cm³/mol. The first kappa shape index (κ1) is 9.10. The van der Waals surface area contributed by atoms with E-state index >= 15 is 0 Å². The number of aryl methyl sites for hydroxylation is 1. The molecule has 0 spiro atoms. The van der Waals surface area contributed by atoms with E-state index in [0.29, 0.717) is 0 Å². The van der Waals surface area contributed by atoms with Gasteiger partial charge in [0, 0.05) is 6.42 Å². The zero-order valence-electron chi connectivity index (χ0n) is 6.43. The van der Waals surface area contributed by atoms with Gasteiger partial charge in [-0.05, 0) is 9.91 Å². The summed E-state index contributed by atoms with van der Waals surface area (Å²) < 4.78 is 0. The van der Waals surface area contributed by atoms with Crippen LogP contribution in [0.4, 0.5) is 5.95 Å². The fourth-order valence-corrected chi connectivity index (χ4v) is 0.699. The molecule has 0 aromatic carbocycles. The van der Waals surface area contributed by atoms with Crippen molar-refractivity contribution in [3.8, 4) is 0 Å². The van der Waals surface area contributed by atoms with Crippen molar-refractivity contribution in [3.63, 3.8) is 0 Å². The molecule has 70 valence electrons. The smallest absolute Gasteiger partial charge is 0.453 e. The largest absolute Gasteiger partial charge is 0.481 e. The highest BCUT2D eigenvalue weighted by atomic mass is 16.6. The highest BCUT2D eigenvalue weighted by Crippen LogP contribution is 2.02. The zero-order chi connectivity index (χ0) is 9.84. The summed E-state index contributed by atoms with van der Waals surface area (Å²) >= 11 is 0. The maximum atomic E-state index is 10.1. The van der Waals surface area contributed by atoms with Crippen molar-refractivity contribution in [3.05, 3.63) is 15.9 Å². The molecule has 1 heterocycles. The van der Waals surface area contributed by atoms with E-state index in [1.54, 1.807) is 0 Å². The minimum Gasteiger partial charge on any atom is -0.481 e. The van der Waals surface area contributed by atoms with E-state index in [-0.39, 0.29) is 18.7 Å². The fourth-order valence-electron chi connectivity index (χ4n) is 0.699. The molecule has 8 heteroatoms. The Bertz CT molecular complexity index is 333. The molecule has 0 bridgehead atoms. The number of H-pyrrole nitrogens is 1. The van der Waals surface area contributed by atoms with Crippen LogP contribution in [0.15, 0.2) is 0 Å². The first-order valence-electron chi connectivity index (χ1n) is 3.37. The molecular weight excluding hydrogens is 180 g/mol. The third kappa shape index (κ3) is 2.51. The number of aromatic nitrogens is 3. The molecule has 0 radical (unpaired) electrons. The van der Waals surface area contributed by atoms with Crippen LogP contribution in [-0.4, -0.2) is 31.2 Å². The number of rotatable bonds is 4. The second kappa shape index (κ2) is 3.61. The molecule has 1 rings (SSSR count). The number of carboxylic acid groups (broad SMARTS) is 1. The van der Waals surface area contributed by atoms with Crippen LogP contribution in [-0.2, 0) is 11.2 Å². The lowest BCUT2D eigenvalue weighted by atomic mass is 10.3. The summed E-state index contributed by atoms with van der Waals surface area (Å²) in [5.41, 5.74) is 0. The molecule has 0 fully saturated rings. The Hall–Kier alpha value is -1.99. The van der Waals surface area contributed by atoms with E-state index < -0.39 is 16.8 Å². The zero-order valence-corrected chi connectivity index (χ0v) is 6.43. The van der Waals surface area contributed by atoms with Crippen molar-refractivity contribution in [2.24, 2.45) is 0 Å². The highest BCUT2D eigenvalue weighted by Gasteiger charge is 2.14. The summed E-state index contributed by atoms with van der Waals surface area (Å²) in [6, 6.07) is 0. The van der Waals surface area contributed by atoms with Crippen LogP contribution >= 0.6 is 0 Å². The van der Waals surface area contributed by atoms with Gasteiger partial charge in [0.15, 0.2) is 0 Å². The Morgan fingerprint density at radius 3 is 2.85 bits per heavy atom. The van der Waals surface area contributed by atoms with Gasteiger partial charge in [0.2, 0.25) is 5.82 Å². The molecule has 0 aliphatic carbocycles. The molecule has 0 saturated carbocycles. The van der Waals surface area contributed by atoms with Gasteiger partial charge in [-0.3, -0.25) is 4.79 Å². The second-order valence-electron chi connectivity index (χ2n) is 2.23. The maximum Gasteiger partial charge on any atom is 0.453 e. The number of hydrogen-bond acceptors (Lipinski definition) is 5. The molecule has 0 aliphatic heterocycles. The van der Waals surface area contributed by atoms with Crippen LogP contribution in [0.2, 0.25) is 0 Å². The molecule has 0 amide bonds. The second-order valence-corrected chi connectivity index (χ2v) is 2.23. The number of aliphatic carboxylic acids is 1. The van der Waals surface area contributed by atoms with Crippen LogP contribution in [0.3, 0.4) is 0 Å². The van der Waals surface area contributed by atoms with E-state index in [4.69, 9.17) is 5.11 Å². The van der Waals surface area contributed by atoms with E-state index in [9.17, 15) is 14.9 Å². The van der Waals surface area contributed by atoms with Crippen molar-refractivity contribution >= 4 is 11.9 Å². The Morgan fingerprint density at radius 1 is 1.69 bits per heavy atom. The van der Waals surface area contributed by atoms with Gasteiger partial charge in [-0.2, -0.15) is 0 Å². The minimum atomic E-state index is -0.993. The van der Waals surface area contributed by atoms with Crippen molar-refractivity contribution in [2.75, 3.05) is 0 Å². The van der Waals surface area contributed by atoms with Crippen molar-refractivity contribution in [2.45, 2.75) is 12.8 Å². The van der Waals surface area contributed by atoms with Crippen molar-refractivity contribution in [1.29, 1.82) is 0 Å². The van der Waals surface area contributed by atoms with E-state index in [1.807, 2.05) is 0 Å². The molecule has 0 unspecified atom stereocenters. The van der Waals surface area contributed by atoms with Crippen LogP contribution in [0, 0.1) is 10.1 Å². The summed E-state index contributed by atoms with van der Waals surface area (Å²) in [5, 5.41) is 23.9. The Balaban J connectivity index is 2.59. The highest BCUT2D eigenvalue weighted by molar-refractivity contribution is 5.66. The molecule has 0 saturated heterocycles. The van der Waals surface area contributed by atoms with Crippen LogP contribution < -0.4 is 0 Å². The quantitative estimate of drug-likeness (QED) is 0.492. The SMILES string of the molecule is O=C(O)CCc1n[nH]c([N+](=O)[O-])n1. The standard InChI is InChI=1S/C5H6N4O4/c10-4(11)2-1-3-6-5(8-7-3)9(12)13/h1-2H2,(H,10,11)(H,6,7,8). The summed E-state index contributed by atoms with van der Waals surface area (Å²) in [6.07, 6.45) is -0.0608. The molecular formula is C5H6N4O4. The van der Waals surface area contributed by atoms with Gasteiger partial charge in [-0.25, -0.2) is 0 Å². The number of nitrogens with one attached hydrogen (secondary N) is 1. The summed E-state index contributed by atoms with van der Waals surface area (Å²) in [6.45, 7) is 0. The maximum absolute atomic E-state index is 10.1. The molecule has 2 N–H and O–H groups in total. The lowest BCUT2D eigenvalue weighted by molar-refractivity contribution is -0.394. The van der Waals surface area contributed by atoms with Gasteiger partial charge in [0.25, 0.3) is 0 Å². The normalized spacial score (nSPS) is 9.85. The van der Waals surface area contributed by atoms with E-state index in [1.165, 1.54) is 0 Å². The molecule has 0 atom stereocenters. The third-order valence-corrected chi connectivity index (χ3v) is 1.26. The van der Waals surface area contributed by atoms with E-state index in [2.05, 4.69) is 15.2 Å². The van der Waals surface area contributed by atoms with Gasteiger partial charge in [-0.15, -0.1) is 5.10 Å². The molecule has 13 heavy (non-hydrogen) atoms. The molecule has 8 nitrogen and oxygen atoms in total. The Kier molecular flexibility index (Phi) is 2.52. The van der Waals surface area contributed by atoms with E-state index in [0.717, 1.165) is 0 Å². The molecule has 1 aromatic heterocycles. The van der Waals surface area contributed by atoms with Gasteiger partial charge < -0.3 is 15.2 Å². The number of hydrogen-bond donors (Lipinski definition) is 2. The van der Waals surface area contributed by atoms with Crippen molar-refractivity contribution < 1.29 is 14.8 Å². The average molecular weight is 186 g/mol. The topological polar surface area (TPSA) is 122 Å².